The van der Waals surface area contributed by atoms with Crippen LogP contribution in [-0.2, 0) is 4.57 Å². The number of urea groups is 1. The van der Waals surface area contributed by atoms with Crippen LogP contribution in [0.25, 0.3) is 0 Å². The number of nitrogens with one attached hydrogen (secondary N) is 2. The van der Waals surface area contributed by atoms with Crippen LogP contribution in [0.5, 0.6) is 0 Å². The molecule has 1 rings (SSSR count). The summed E-state index contributed by atoms with van der Waals surface area (Å²) in [6.45, 7) is 1.95. The molecule has 0 aliphatic rings. The normalized spacial score (nSPS) is 11.5. The number of hydrogen-bond donors (Lipinski definition) is 2. The second-order valence-corrected chi connectivity index (χ2v) is 8.12. The average molecular weight is 293 g/mol. The maximum atomic E-state index is 11.3. The first-order valence-electron chi connectivity index (χ1n) is 4.68. The van der Waals surface area contributed by atoms with E-state index in [1.54, 1.807) is 12.1 Å². The van der Waals surface area contributed by atoms with Gasteiger partial charge in [-0.2, -0.15) is 0 Å². The highest BCUT2D eigenvalue weighted by Gasteiger charge is 2.07. The molecule has 0 bridgehead atoms. The van der Waals surface area contributed by atoms with Crippen molar-refractivity contribution in [1.82, 2.24) is 5.32 Å². The minimum atomic E-state index is -3.29. The highest BCUT2D eigenvalue weighted by atomic mass is 35.9. The third-order valence-corrected chi connectivity index (χ3v) is 2.94. The highest BCUT2D eigenvalue weighted by molar-refractivity contribution is 8.10. The molecule has 92 valence electrons. The molecule has 0 aliphatic carbocycles. The second-order valence-electron chi connectivity index (χ2n) is 3.28. The van der Waals surface area contributed by atoms with Crippen molar-refractivity contribution < 1.29 is 9.36 Å². The minimum Gasteiger partial charge on any atom is -0.314 e. The molecule has 2 amide bonds. The lowest BCUT2D eigenvalue weighted by Crippen LogP contribution is -2.23. The van der Waals surface area contributed by atoms with Crippen LogP contribution in [0.2, 0.25) is 0 Å². The van der Waals surface area contributed by atoms with Gasteiger partial charge in [0.1, 0.15) is 0 Å². The van der Waals surface area contributed by atoms with Crippen LogP contribution in [0.4, 0.5) is 10.5 Å². The summed E-state index contributed by atoms with van der Waals surface area (Å²) in [5.41, 5.74) is 1.75. The quantitative estimate of drug-likeness (QED) is 0.818. The Balaban J connectivity index is 2.48. The van der Waals surface area contributed by atoms with Crippen molar-refractivity contribution in [3.05, 3.63) is 41.8 Å². The van der Waals surface area contributed by atoms with Gasteiger partial charge in [-0.05, 0) is 41.5 Å². The second kappa shape index (κ2) is 6.10. The fourth-order valence-corrected chi connectivity index (χ4v) is 1.59. The van der Waals surface area contributed by atoms with E-state index in [4.69, 9.17) is 22.5 Å². The molecule has 1 aromatic carbocycles. The highest BCUT2D eigenvalue weighted by Crippen LogP contribution is 2.57. The molecule has 4 nitrogen and oxygen atoms in total. The summed E-state index contributed by atoms with van der Waals surface area (Å²) in [5.74, 6) is -2.26. The van der Waals surface area contributed by atoms with Gasteiger partial charge in [-0.25, -0.2) is 4.79 Å². The van der Waals surface area contributed by atoms with Crippen LogP contribution in [0.1, 0.15) is 5.56 Å². The Hall–Kier alpha value is -0.960. The molecule has 17 heavy (non-hydrogen) atoms. The van der Waals surface area contributed by atoms with E-state index in [0.717, 1.165) is 17.6 Å². The van der Waals surface area contributed by atoms with E-state index < -0.39 is 11.9 Å². The van der Waals surface area contributed by atoms with Crippen molar-refractivity contribution in [2.45, 2.75) is 6.92 Å². The molecule has 0 aromatic heterocycles. The van der Waals surface area contributed by atoms with Crippen molar-refractivity contribution >= 4 is 40.0 Å². The number of benzene rings is 1. The van der Waals surface area contributed by atoms with Crippen LogP contribution < -0.4 is 10.6 Å². The van der Waals surface area contributed by atoms with E-state index in [-0.39, 0.29) is 0 Å². The fraction of sp³-hybridized carbons (Fsp3) is 0.100. The summed E-state index contributed by atoms with van der Waals surface area (Å²) >= 11 is 10.5. The van der Waals surface area contributed by atoms with Crippen molar-refractivity contribution in [3.8, 4) is 0 Å². The molecule has 7 heteroatoms. The Kier molecular flexibility index (Phi) is 5.06. The predicted molar refractivity (Wildman–Crippen MR) is 71.8 cm³/mol. The Bertz CT molecular complexity index is 468. The first-order valence-corrected chi connectivity index (χ1v) is 8.26. The maximum absolute atomic E-state index is 11.3. The first-order chi connectivity index (χ1) is 7.87. The van der Waals surface area contributed by atoms with Gasteiger partial charge in [-0.1, -0.05) is 17.7 Å². The van der Waals surface area contributed by atoms with E-state index >= 15 is 0 Å². The van der Waals surface area contributed by atoms with Gasteiger partial charge in [0, 0.05) is 17.7 Å². The van der Waals surface area contributed by atoms with Gasteiger partial charge in [0.2, 0.25) is 0 Å². The number of aryl methyl sites for hydroxylation is 1. The third-order valence-electron chi connectivity index (χ3n) is 1.77. The van der Waals surface area contributed by atoms with E-state index in [0.29, 0.717) is 5.69 Å². The van der Waals surface area contributed by atoms with Crippen LogP contribution in [0.15, 0.2) is 36.3 Å². The lowest BCUT2D eigenvalue weighted by atomic mass is 10.2. The van der Waals surface area contributed by atoms with Gasteiger partial charge in [-0.3, -0.25) is 4.57 Å². The summed E-state index contributed by atoms with van der Waals surface area (Å²) in [4.78, 5) is 11.3. The predicted octanol–water partition coefficient (Wildman–Crippen LogP) is 4.26. The average Bonchev–Trinajstić information content (AvgIpc) is 2.19. The van der Waals surface area contributed by atoms with Crippen LogP contribution in [0, 0.1) is 6.92 Å². The maximum Gasteiger partial charge on any atom is 0.323 e. The summed E-state index contributed by atoms with van der Waals surface area (Å²) in [6, 6.07) is 6.82. The van der Waals surface area contributed by atoms with Gasteiger partial charge in [-0.15, -0.1) is 0 Å². The smallest absolute Gasteiger partial charge is 0.314 e. The van der Waals surface area contributed by atoms with E-state index in [9.17, 15) is 9.36 Å². The topological polar surface area (TPSA) is 58.2 Å². The zero-order valence-corrected chi connectivity index (χ0v) is 11.4. The van der Waals surface area contributed by atoms with Gasteiger partial charge in [0.05, 0.1) is 0 Å². The third kappa shape index (κ3) is 6.37. The molecule has 0 heterocycles. The molecular formula is C10H11Cl2N2O2P. The summed E-state index contributed by atoms with van der Waals surface area (Å²) in [5, 5.41) is 4.91. The minimum absolute atomic E-state index is 0.466. The van der Waals surface area contributed by atoms with Gasteiger partial charge in [0.15, 0.2) is 0 Å². The van der Waals surface area contributed by atoms with Gasteiger partial charge >= 0.3 is 6.03 Å². The molecule has 0 atom stereocenters. The van der Waals surface area contributed by atoms with E-state index in [1.807, 2.05) is 19.1 Å². The zero-order valence-electron chi connectivity index (χ0n) is 8.98. The number of carbonyl (C=O) groups is 1. The molecule has 0 spiro atoms. The van der Waals surface area contributed by atoms with Crippen LogP contribution in [-0.4, -0.2) is 6.03 Å². The first kappa shape index (κ1) is 14.1. The Morgan fingerprint density at radius 3 is 2.41 bits per heavy atom. The van der Waals surface area contributed by atoms with Crippen molar-refractivity contribution in [2.24, 2.45) is 0 Å². The molecule has 0 fully saturated rings. The SMILES string of the molecule is Cc1ccc(NC(=O)N/C=C/P(=O)(Cl)Cl)cc1. The molecular weight excluding hydrogens is 282 g/mol. The van der Waals surface area contributed by atoms with E-state index in [1.165, 1.54) is 0 Å². The Morgan fingerprint density at radius 1 is 1.29 bits per heavy atom. The molecule has 2 N–H and O–H groups in total. The molecule has 0 saturated heterocycles. The van der Waals surface area contributed by atoms with Crippen molar-refractivity contribution in [3.63, 3.8) is 0 Å². The lowest BCUT2D eigenvalue weighted by Gasteiger charge is -2.04. The van der Waals surface area contributed by atoms with Crippen molar-refractivity contribution in [1.29, 1.82) is 0 Å². The van der Waals surface area contributed by atoms with Crippen LogP contribution in [0.3, 0.4) is 0 Å². The monoisotopic (exact) mass is 292 g/mol. The largest absolute Gasteiger partial charge is 0.323 e. The number of hydrogen-bond acceptors (Lipinski definition) is 2. The standard InChI is InChI=1S/C10H11Cl2N2O2P/c1-8-2-4-9(5-3-8)14-10(15)13-6-7-17(11,12)16/h2-7H,1H3,(H2,13,14,15)/b7-6+. The fourth-order valence-electron chi connectivity index (χ4n) is 1.00. The molecule has 0 saturated carbocycles. The zero-order chi connectivity index (χ0) is 12.9. The van der Waals surface area contributed by atoms with Gasteiger partial charge in [0.25, 0.3) is 5.85 Å². The summed E-state index contributed by atoms with van der Waals surface area (Å²) < 4.78 is 10.9. The molecule has 0 unspecified atom stereocenters. The van der Waals surface area contributed by atoms with E-state index in [2.05, 4.69) is 10.6 Å². The van der Waals surface area contributed by atoms with Gasteiger partial charge < -0.3 is 10.6 Å². The number of amides is 2. The molecule has 1 aromatic rings. The number of rotatable bonds is 3. The Morgan fingerprint density at radius 2 is 1.88 bits per heavy atom. The number of halogens is 2. The van der Waals surface area contributed by atoms with Crippen molar-refractivity contribution in [2.75, 3.05) is 5.32 Å². The number of anilines is 1. The summed E-state index contributed by atoms with van der Waals surface area (Å²) in [7, 11) is 0. The summed E-state index contributed by atoms with van der Waals surface area (Å²) in [6.07, 6.45) is 1.14. The Labute approximate surface area is 109 Å². The molecule has 0 aliphatic heterocycles. The molecule has 0 radical (unpaired) electrons. The number of carbonyl (C=O) groups excluding carboxylic acids is 1. The lowest BCUT2D eigenvalue weighted by molar-refractivity contribution is 0.255. The van der Waals surface area contributed by atoms with Crippen LogP contribution >= 0.6 is 28.3 Å².